The van der Waals surface area contributed by atoms with E-state index >= 15 is 0 Å². The van der Waals surface area contributed by atoms with Gasteiger partial charge in [0.1, 0.15) is 11.5 Å². The molecular weight excluding hydrogens is 515 g/mol. The molecule has 2 saturated heterocycles. The molecule has 4 aliphatic rings. The zero-order chi connectivity index (χ0) is 26.3. The molecule has 12 heteroatoms. The smallest absolute Gasteiger partial charge is 0.423 e. The summed E-state index contributed by atoms with van der Waals surface area (Å²) in [6.45, 7) is 0. The van der Waals surface area contributed by atoms with E-state index in [4.69, 9.17) is 27.9 Å². The van der Waals surface area contributed by atoms with Crippen LogP contribution >= 0.6 is 23.2 Å². The Kier molecular flexibility index (Phi) is 5.42. The zero-order valence-electron chi connectivity index (χ0n) is 19.5. The number of allylic oxidation sites excluding steroid dienone is 2. The van der Waals surface area contributed by atoms with Gasteiger partial charge in [0, 0.05) is 18.5 Å². The molecule has 2 aliphatic heterocycles. The second kappa shape index (κ2) is 7.94. The highest BCUT2D eigenvalue weighted by Crippen LogP contribution is 2.66. The molecule has 2 aliphatic carbocycles. The van der Waals surface area contributed by atoms with E-state index < -0.39 is 63.1 Å². The molecule has 5 amide bonds. The van der Waals surface area contributed by atoms with Crippen molar-refractivity contribution in [1.29, 1.82) is 0 Å². The Morgan fingerprint density at radius 3 is 2.42 bits per heavy atom. The molecule has 0 spiro atoms. The van der Waals surface area contributed by atoms with E-state index in [2.05, 4.69) is 4.74 Å². The minimum absolute atomic E-state index is 0.0706. The molecule has 1 aromatic rings. The maximum atomic E-state index is 13.5. The highest BCUT2D eigenvalue weighted by atomic mass is 35.5. The van der Waals surface area contributed by atoms with Crippen molar-refractivity contribution in [3.63, 3.8) is 0 Å². The average molecular weight is 537 g/mol. The highest BCUT2D eigenvalue weighted by Gasteiger charge is 2.76. The molecule has 1 saturated carbocycles. The van der Waals surface area contributed by atoms with Crippen molar-refractivity contribution in [3.8, 4) is 11.5 Å². The number of hydrogen-bond acceptors (Lipinski definition) is 8. The molecule has 10 nitrogen and oxygen atoms in total. The average Bonchev–Trinajstić information content (AvgIpc) is 3.19. The van der Waals surface area contributed by atoms with Gasteiger partial charge in [-0.3, -0.25) is 24.1 Å². The number of phenols is 1. The fourth-order valence-corrected chi connectivity index (χ4v) is 7.34. The molecule has 0 aromatic heterocycles. The number of ether oxygens (including phenoxy) is 2. The summed E-state index contributed by atoms with van der Waals surface area (Å²) in [5, 5.41) is 10.9. The predicted octanol–water partition coefficient (Wildman–Crippen LogP) is 2.16. The van der Waals surface area contributed by atoms with Crippen LogP contribution in [0.25, 0.3) is 0 Å². The maximum absolute atomic E-state index is 13.5. The number of fused-ring (bicyclic) bond motifs is 4. The normalized spacial score (nSPS) is 35.3. The van der Waals surface area contributed by atoms with Gasteiger partial charge in [-0.05, 0) is 30.9 Å². The minimum atomic E-state index is -2.06. The third-order valence-electron chi connectivity index (χ3n) is 7.92. The summed E-state index contributed by atoms with van der Waals surface area (Å²) in [5.41, 5.74) is 0.596. The van der Waals surface area contributed by atoms with Gasteiger partial charge in [-0.15, -0.1) is 23.2 Å². The molecule has 190 valence electrons. The first-order valence-electron chi connectivity index (χ1n) is 11.2. The Hall–Kier alpha value is -3.11. The quantitative estimate of drug-likeness (QED) is 0.345. The van der Waals surface area contributed by atoms with E-state index in [-0.39, 0.29) is 29.9 Å². The molecule has 2 heterocycles. The Balaban J connectivity index is 1.76. The first-order chi connectivity index (χ1) is 16.9. The summed E-state index contributed by atoms with van der Waals surface area (Å²) in [5.74, 6) is -6.99. The SMILES string of the molecule is COC(=O)N1C(=O)C2CC=C3C(CC4(Cl)C(=O)N(C)C(=O)C4(Cl)C3c3c(O)cccc3OC)C2C1=O. The molecular formula is C24H22Cl2N2O8. The van der Waals surface area contributed by atoms with Crippen molar-refractivity contribution in [1.82, 2.24) is 9.80 Å². The lowest BCUT2D eigenvalue weighted by atomic mass is 9.56. The fourth-order valence-electron chi connectivity index (χ4n) is 6.33. The molecule has 6 atom stereocenters. The van der Waals surface area contributed by atoms with Gasteiger partial charge in [0.05, 0.1) is 26.1 Å². The van der Waals surface area contributed by atoms with Crippen molar-refractivity contribution < 1.29 is 38.6 Å². The van der Waals surface area contributed by atoms with Crippen molar-refractivity contribution in [2.24, 2.45) is 17.8 Å². The van der Waals surface area contributed by atoms with Crippen molar-refractivity contribution in [2.75, 3.05) is 21.3 Å². The summed E-state index contributed by atoms with van der Waals surface area (Å²) in [7, 11) is 3.70. The minimum Gasteiger partial charge on any atom is -0.508 e. The van der Waals surface area contributed by atoms with E-state index in [1.807, 2.05) is 0 Å². The summed E-state index contributed by atoms with van der Waals surface area (Å²) >= 11 is 14.1. The Morgan fingerprint density at radius 1 is 1.08 bits per heavy atom. The van der Waals surface area contributed by atoms with Gasteiger partial charge in [0.2, 0.25) is 11.8 Å². The van der Waals surface area contributed by atoms with Gasteiger partial charge in [-0.1, -0.05) is 17.7 Å². The third kappa shape index (κ3) is 2.77. The molecule has 5 rings (SSSR count). The van der Waals surface area contributed by atoms with Gasteiger partial charge in [0.25, 0.3) is 11.8 Å². The number of amides is 5. The van der Waals surface area contributed by atoms with E-state index in [1.165, 1.54) is 20.2 Å². The number of rotatable bonds is 2. The van der Waals surface area contributed by atoms with Crippen LogP contribution in [0, 0.1) is 17.8 Å². The Bertz CT molecular complexity index is 1280. The molecule has 6 unspecified atom stereocenters. The van der Waals surface area contributed by atoms with Crippen LogP contribution in [-0.2, 0) is 23.9 Å². The van der Waals surface area contributed by atoms with E-state index in [9.17, 15) is 29.1 Å². The number of aromatic hydroxyl groups is 1. The van der Waals surface area contributed by atoms with Crippen LogP contribution in [-0.4, -0.2) is 75.6 Å². The lowest BCUT2D eigenvalue weighted by molar-refractivity contribution is -0.139. The summed E-state index contributed by atoms with van der Waals surface area (Å²) in [6, 6.07) is 4.49. The van der Waals surface area contributed by atoms with Crippen LogP contribution in [0.1, 0.15) is 24.3 Å². The number of methoxy groups -OCH3 is 2. The third-order valence-corrected chi connectivity index (χ3v) is 9.34. The van der Waals surface area contributed by atoms with Crippen molar-refractivity contribution in [2.45, 2.75) is 28.5 Å². The summed E-state index contributed by atoms with van der Waals surface area (Å²) in [4.78, 5) is 62.7. The molecule has 0 bridgehead atoms. The second-order valence-electron chi connectivity index (χ2n) is 9.37. The van der Waals surface area contributed by atoms with Gasteiger partial charge >= 0.3 is 6.09 Å². The van der Waals surface area contributed by atoms with Crippen LogP contribution < -0.4 is 4.74 Å². The lowest BCUT2D eigenvalue weighted by Gasteiger charge is -2.50. The predicted molar refractivity (Wildman–Crippen MR) is 124 cm³/mol. The van der Waals surface area contributed by atoms with Gasteiger partial charge in [-0.25, -0.2) is 4.79 Å². The van der Waals surface area contributed by atoms with Crippen molar-refractivity contribution >= 4 is 52.9 Å². The van der Waals surface area contributed by atoms with Crippen LogP contribution in [0.15, 0.2) is 29.8 Å². The number of hydrogen-bond donors (Lipinski definition) is 1. The topological polar surface area (TPSA) is 131 Å². The number of nitrogens with zero attached hydrogens (tertiary/aromatic N) is 2. The van der Waals surface area contributed by atoms with Crippen LogP contribution in [0.5, 0.6) is 11.5 Å². The number of carbonyl (C=O) groups is 5. The number of imide groups is 4. The van der Waals surface area contributed by atoms with E-state index in [0.29, 0.717) is 10.5 Å². The number of benzene rings is 1. The monoisotopic (exact) mass is 536 g/mol. The first-order valence-corrected chi connectivity index (χ1v) is 11.9. The fraction of sp³-hybridized carbons (Fsp3) is 0.458. The lowest BCUT2D eigenvalue weighted by Crippen LogP contribution is -2.60. The van der Waals surface area contributed by atoms with Gasteiger partial charge in [0.15, 0.2) is 9.75 Å². The number of likely N-dealkylation sites (tertiary alicyclic amines) is 2. The van der Waals surface area contributed by atoms with E-state index in [1.54, 1.807) is 18.2 Å². The molecule has 0 radical (unpaired) electrons. The Labute approximate surface area is 215 Å². The van der Waals surface area contributed by atoms with Crippen LogP contribution in [0.3, 0.4) is 0 Å². The Morgan fingerprint density at radius 2 is 1.78 bits per heavy atom. The van der Waals surface area contributed by atoms with Crippen LogP contribution in [0.4, 0.5) is 4.79 Å². The van der Waals surface area contributed by atoms with Gasteiger partial charge < -0.3 is 14.6 Å². The van der Waals surface area contributed by atoms with Crippen LogP contribution in [0.2, 0.25) is 0 Å². The standard InChI is InChI=1S/C24H22Cl2N2O8/c1-27-20(32)23(25)9-12-10(7-8-11-15(12)19(31)28(18(11)30)22(34)36-3)17(24(23,26)21(27)33)16-13(29)5-4-6-14(16)35-2/h4-7,11-12,15,17,29H,8-9H2,1-3H3. The summed E-state index contributed by atoms with van der Waals surface area (Å²) < 4.78 is 10.1. The molecule has 1 aromatic carbocycles. The molecule has 1 N–H and O–H groups in total. The molecule has 36 heavy (non-hydrogen) atoms. The largest absolute Gasteiger partial charge is 0.508 e. The number of phenolic OH excluding ortho intramolecular Hbond substituents is 1. The first kappa shape index (κ1) is 24.6. The molecule has 3 fully saturated rings. The number of carbonyl (C=O) groups excluding carboxylic acids is 5. The zero-order valence-corrected chi connectivity index (χ0v) is 21.0. The maximum Gasteiger partial charge on any atom is 0.423 e. The van der Waals surface area contributed by atoms with Gasteiger partial charge in [-0.2, -0.15) is 4.90 Å². The highest BCUT2D eigenvalue weighted by molar-refractivity contribution is 6.53. The number of halogens is 2. The summed E-state index contributed by atoms with van der Waals surface area (Å²) in [6.07, 6.45) is 0.418. The van der Waals surface area contributed by atoms with E-state index in [0.717, 1.165) is 12.0 Å². The van der Waals surface area contributed by atoms with Crippen molar-refractivity contribution in [3.05, 3.63) is 35.4 Å². The number of alkyl halides is 2. The second-order valence-corrected chi connectivity index (χ2v) is 10.6.